The molecule has 1 amide bonds. The van der Waals surface area contributed by atoms with Crippen molar-refractivity contribution in [2.45, 2.75) is 26.3 Å². The number of nitrogens with one attached hydrogen (secondary N) is 1. The Morgan fingerprint density at radius 3 is 2.52 bits per heavy atom. The number of benzene rings is 1. The van der Waals surface area contributed by atoms with Crippen LogP contribution in [0.25, 0.3) is 0 Å². The van der Waals surface area contributed by atoms with E-state index in [1.165, 1.54) is 6.07 Å². The lowest BCUT2D eigenvalue weighted by atomic mass is 9.95. The maximum Gasteiger partial charge on any atom is 0.307 e. The van der Waals surface area contributed by atoms with Gasteiger partial charge in [0.05, 0.1) is 17.9 Å². The van der Waals surface area contributed by atoms with E-state index in [0.717, 1.165) is 0 Å². The number of hydrogen-bond donors (Lipinski definition) is 2. The second-order valence-corrected chi connectivity index (χ2v) is 6.12. The lowest BCUT2D eigenvalue weighted by molar-refractivity contribution is -0.140. The molecule has 2 N–H and O–H groups in total. The van der Waals surface area contributed by atoms with Crippen molar-refractivity contribution in [3.8, 4) is 0 Å². The highest BCUT2D eigenvalue weighted by molar-refractivity contribution is 6.30. The molecule has 4 nitrogen and oxygen atoms in total. The predicted molar refractivity (Wildman–Crippen MR) is 76.4 cm³/mol. The van der Waals surface area contributed by atoms with E-state index in [4.69, 9.17) is 16.7 Å². The van der Waals surface area contributed by atoms with Gasteiger partial charge in [0.2, 0.25) is 5.91 Å². The molecule has 1 aliphatic carbocycles. The van der Waals surface area contributed by atoms with E-state index < -0.39 is 29.7 Å². The summed E-state index contributed by atoms with van der Waals surface area (Å²) in [6.07, 6.45) is 0.342. The Kier molecular flexibility index (Phi) is 4.52. The third kappa shape index (κ3) is 3.53. The topological polar surface area (TPSA) is 66.4 Å². The largest absolute Gasteiger partial charge is 0.481 e. The van der Waals surface area contributed by atoms with Crippen LogP contribution in [0.3, 0.4) is 0 Å². The number of carboxylic acids is 1. The molecule has 1 aromatic rings. The predicted octanol–water partition coefficient (Wildman–Crippen LogP) is 3.01. The first-order valence-corrected chi connectivity index (χ1v) is 7.17. The molecule has 3 unspecified atom stereocenters. The highest BCUT2D eigenvalue weighted by Gasteiger charge is 2.48. The van der Waals surface area contributed by atoms with Gasteiger partial charge in [0.25, 0.3) is 0 Å². The van der Waals surface area contributed by atoms with Gasteiger partial charge in [-0.3, -0.25) is 9.59 Å². The number of carbonyl (C=O) groups is 2. The molecule has 1 aromatic carbocycles. The van der Waals surface area contributed by atoms with Crippen LogP contribution in [0.15, 0.2) is 18.2 Å². The first-order valence-electron chi connectivity index (χ1n) is 6.79. The van der Waals surface area contributed by atoms with Crippen LogP contribution in [0, 0.1) is 23.6 Å². The number of carboxylic acid groups (broad SMARTS) is 1. The molecule has 1 saturated carbocycles. The van der Waals surface area contributed by atoms with E-state index >= 15 is 0 Å². The van der Waals surface area contributed by atoms with Crippen LogP contribution in [0.1, 0.15) is 31.9 Å². The summed E-state index contributed by atoms with van der Waals surface area (Å²) in [6.45, 7) is 3.72. The van der Waals surface area contributed by atoms with Crippen LogP contribution >= 0.6 is 11.6 Å². The molecular formula is C15H17ClFNO3. The first-order chi connectivity index (χ1) is 9.81. The highest BCUT2D eigenvalue weighted by atomic mass is 35.5. The summed E-state index contributed by atoms with van der Waals surface area (Å²) in [4.78, 5) is 22.9. The minimum atomic E-state index is -0.964. The highest BCUT2D eigenvalue weighted by Crippen LogP contribution is 2.39. The monoisotopic (exact) mass is 313 g/mol. The second kappa shape index (κ2) is 6.02. The smallest absolute Gasteiger partial charge is 0.307 e. The van der Waals surface area contributed by atoms with Gasteiger partial charge in [0, 0.05) is 10.6 Å². The Labute approximate surface area is 127 Å². The van der Waals surface area contributed by atoms with Gasteiger partial charge in [-0.2, -0.15) is 0 Å². The molecule has 2 rings (SSSR count). The van der Waals surface area contributed by atoms with Crippen molar-refractivity contribution in [3.05, 3.63) is 34.6 Å². The Balaban J connectivity index is 2.13. The van der Waals surface area contributed by atoms with Crippen LogP contribution in [0.5, 0.6) is 0 Å². The van der Waals surface area contributed by atoms with E-state index in [9.17, 15) is 14.0 Å². The van der Waals surface area contributed by atoms with Crippen molar-refractivity contribution in [3.63, 3.8) is 0 Å². The fraction of sp³-hybridized carbons (Fsp3) is 0.467. The van der Waals surface area contributed by atoms with Crippen molar-refractivity contribution in [2.24, 2.45) is 17.8 Å². The minimum absolute atomic E-state index is 0.0355. The summed E-state index contributed by atoms with van der Waals surface area (Å²) in [5.41, 5.74) is 0.357. The van der Waals surface area contributed by atoms with Crippen LogP contribution in [0.2, 0.25) is 5.02 Å². The summed E-state index contributed by atoms with van der Waals surface area (Å²) < 4.78 is 14.0. The average Bonchev–Trinajstić information content (AvgIpc) is 3.16. The van der Waals surface area contributed by atoms with Crippen molar-refractivity contribution in [1.29, 1.82) is 0 Å². The molecule has 1 fully saturated rings. The molecular weight excluding hydrogens is 297 g/mol. The lowest BCUT2D eigenvalue weighted by Crippen LogP contribution is -2.34. The van der Waals surface area contributed by atoms with E-state index in [2.05, 4.69) is 5.32 Å². The molecule has 6 heteroatoms. The van der Waals surface area contributed by atoms with Crippen molar-refractivity contribution < 1.29 is 19.1 Å². The lowest BCUT2D eigenvalue weighted by Gasteiger charge is -2.23. The SMILES string of the molecule is CC(C)C(NC(=O)C1CC1C(=O)O)c1ccc(Cl)cc1F. The first kappa shape index (κ1) is 15.8. The molecule has 0 bridgehead atoms. The van der Waals surface area contributed by atoms with Gasteiger partial charge in [-0.05, 0) is 24.5 Å². The number of aliphatic carboxylic acids is 1. The molecule has 3 atom stereocenters. The van der Waals surface area contributed by atoms with Gasteiger partial charge >= 0.3 is 5.97 Å². The van der Waals surface area contributed by atoms with Gasteiger partial charge < -0.3 is 10.4 Å². The maximum absolute atomic E-state index is 14.0. The molecule has 1 aliphatic rings. The van der Waals surface area contributed by atoms with Gasteiger partial charge in [-0.25, -0.2) is 4.39 Å². The quantitative estimate of drug-likeness (QED) is 0.878. The van der Waals surface area contributed by atoms with Crippen molar-refractivity contribution in [2.75, 3.05) is 0 Å². The molecule has 0 radical (unpaired) electrons. The zero-order valence-corrected chi connectivity index (χ0v) is 12.5. The number of halogens is 2. The Hall–Kier alpha value is -1.62. The molecule has 0 aliphatic heterocycles. The van der Waals surface area contributed by atoms with Gasteiger partial charge in [0.15, 0.2) is 0 Å². The van der Waals surface area contributed by atoms with Gasteiger partial charge in [-0.15, -0.1) is 0 Å². The van der Waals surface area contributed by atoms with Crippen LogP contribution in [-0.2, 0) is 9.59 Å². The Bertz CT molecular complexity index is 576. The Morgan fingerprint density at radius 1 is 1.38 bits per heavy atom. The molecule has 0 saturated heterocycles. The molecule has 0 heterocycles. The van der Waals surface area contributed by atoms with Crippen molar-refractivity contribution >= 4 is 23.5 Å². The third-order valence-corrected chi connectivity index (χ3v) is 3.94. The van der Waals surface area contributed by atoms with Crippen LogP contribution in [0.4, 0.5) is 4.39 Å². The number of carbonyl (C=O) groups excluding carboxylic acids is 1. The number of hydrogen-bond acceptors (Lipinski definition) is 2. The van der Waals surface area contributed by atoms with E-state index in [-0.39, 0.29) is 11.8 Å². The molecule has 114 valence electrons. The zero-order chi connectivity index (χ0) is 15.7. The molecule has 0 aromatic heterocycles. The van der Waals surface area contributed by atoms with E-state index in [0.29, 0.717) is 17.0 Å². The molecule has 0 spiro atoms. The summed E-state index contributed by atoms with van der Waals surface area (Å²) in [7, 11) is 0. The molecule has 21 heavy (non-hydrogen) atoms. The number of rotatable bonds is 5. The van der Waals surface area contributed by atoms with Crippen molar-refractivity contribution in [1.82, 2.24) is 5.32 Å². The third-order valence-electron chi connectivity index (χ3n) is 3.71. The standard InChI is InChI=1S/C15H17ClFNO3/c1-7(2)13(9-4-3-8(16)5-12(9)17)18-14(19)10-6-11(10)15(20)21/h3-5,7,10-11,13H,6H2,1-2H3,(H,18,19)(H,20,21). The average molecular weight is 314 g/mol. The van der Waals surface area contributed by atoms with Crippen LogP contribution < -0.4 is 5.32 Å². The summed E-state index contributed by atoms with van der Waals surface area (Å²) in [5.74, 6) is -2.95. The summed E-state index contributed by atoms with van der Waals surface area (Å²) in [6, 6.07) is 3.81. The normalized spacial score (nSPS) is 22.0. The minimum Gasteiger partial charge on any atom is -0.481 e. The van der Waals surface area contributed by atoms with Crippen LogP contribution in [-0.4, -0.2) is 17.0 Å². The maximum atomic E-state index is 14.0. The van der Waals surface area contributed by atoms with E-state index in [1.54, 1.807) is 12.1 Å². The zero-order valence-electron chi connectivity index (χ0n) is 11.8. The Morgan fingerprint density at radius 2 is 2.05 bits per heavy atom. The number of amides is 1. The fourth-order valence-corrected chi connectivity index (χ4v) is 2.53. The summed E-state index contributed by atoms with van der Waals surface area (Å²) >= 11 is 5.73. The summed E-state index contributed by atoms with van der Waals surface area (Å²) in [5, 5.41) is 11.9. The van der Waals surface area contributed by atoms with Gasteiger partial charge in [0.1, 0.15) is 5.82 Å². The second-order valence-electron chi connectivity index (χ2n) is 5.68. The fourth-order valence-electron chi connectivity index (χ4n) is 2.38. The van der Waals surface area contributed by atoms with E-state index in [1.807, 2.05) is 13.8 Å². The van der Waals surface area contributed by atoms with Gasteiger partial charge in [-0.1, -0.05) is 31.5 Å².